The Morgan fingerprint density at radius 2 is 0.606 bits per heavy atom. The van der Waals surface area contributed by atoms with Gasteiger partial charge in [0.05, 0.1) is 0 Å². The molecule has 0 heterocycles. The number of unbranched alkanes of at least 4 members (excludes halogenated alkanes) is 23. The monoisotopic (exact) mass is 985 g/mol. The summed E-state index contributed by atoms with van der Waals surface area (Å²) in [4.78, 5) is 38.1. The number of ether oxygens (including phenoxy) is 3. The zero-order valence-corrected chi connectivity index (χ0v) is 46.2. The second-order valence-electron chi connectivity index (χ2n) is 19.2. The SMILES string of the molecule is CC/C=C\C/C=C\C/C=C\C/C=C\C/C=C\C/C=C\CCC(=O)OC(COC(=O)CCCCCCC/C=C\C/C=C\CCC)COC(=O)CCCCCCCCCCC/C=C\CCCCCCCCCC. The van der Waals surface area contributed by atoms with E-state index in [9.17, 15) is 14.4 Å². The highest BCUT2D eigenvalue weighted by atomic mass is 16.6. The van der Waals surface area contributed by atoms with Crippen molar-refractivity contribution in [3.8, 4) is 0 Å². The molecule has 0 aromatic rings. The van der Waals surface area contributed by atoms with Crippen LogP contribution in [-0.4, -0.2) is 37.2 Å². The zero-order chi connectivity index (χ0) is 51.4. The standard InChI is InChI=1S/C65H108O6/c1-4-7-10-13-16-19-22-25-27-29-31-32-34-35-37-40-43-46-49-52-55-58-64(67)70-61-62(60-69-63(66)57-54-51-48-45-42-39-24-21-18-15-12-9-6-3)71-65(68)59-56-53-50-47-44-41-38-36-33-30-28-26-23-20-17-14-11-8-5-2/h8,11-12,15,17,20-21,24,26,28-29,31,33,36,41,44,50,53,62H,4-7,9-10,13-14,16,18-19,22-23,25,27,30,32,34-35,37-40,42-43,45-49,51-52,54-61H2,1-3H3/b11-8-,15-12-,20-17-,24-21-,28-26-,31-29-,36-33-,44-41-,53-50-. The molecule has 0 aliphatic carbocycles. The molecule has 0 saturated carbocycles. The average molecular weight is 986 g/mol. The largest absolute Gasteiger partial charge is 0.462 e. The van der Waals surface area contributed by atoms with Gasteiger partial charge in [-0.05, 0) is 109 Å². The molecule has 0 saturated heterocycles. The number of hydrogen-bond donors (Lipinski definition) is 0. The number of esters is 3. The van der Waals surface area contributed by atoms with Gasteiger partial charge in [0.2, 0.25) is 0 Å². The average Bonchev–Trinajstić information content (AvgIpc) is 3.37. The minimum Gasteiger partial charge on any atom is -0.462 e. The normalized spacial score (nSPS) is 12.9. The van der Waals surface area contributed by atoms with Crippen molar-refractivity contribution in [1.29, 1.82) is 0 Å². The predicted octanol–water partition coefficient (Wildman–Crippen LogP) is 19.9. The van der Waals surface area contributed by atoms with E-state index in [0.29, 0.717) is 19.3 Å². The molecule has 0 N–H and O–H groups in total. The first-order chi connectivity index (χ1) is 35.0. The van der Waals surface area contributed by atoms with Crippen LogP contribution >= 0.6 is 0 Å². The van der Waals surface area contributed by atoms with Gasteiger partial charge in [0.15, 0.2) is 6.10 Å². The molecule has 0 spiro atoms. The van der Waals surface area contributed by atoms with Crippen molar-refractivity contribution in [2.45, 2.75) is 271 Å². The summed E-state index contributed by atoms with van der Waals surface area (Å²) in [5.74, 6) is -1.02. The Balaban J connectivity index is 4.47. The number of carbonyl (C=O) groups excluding carboxylic acids is 3. The van der Waals surface area contributed by atoms with Gasteiger partial charge < -0.3 is 14.2 Å². The molecule has 0 amide bonds. The van der Waals surface area contributed by atoms with Crippen LogP contribution in [0.25, 0.3) is 0 Å². The summed E-state index contributed by atoms with van der Waals surface area (Å²) in [7, 11) is 0. The lowest BCUT2D eigenvalue weighted by molar-refractivity contribution is -0.166. The minimum atomic E-state index is -0.827. The Morgan fingerprint density at radius 1 is 0.296 bits per heavy atom. The van der Waals surface area contributed by atoms with Gasteiger partial charge in [0.25, 0.3) is 0 Å². The molecule has 6 heteroatoms. The second-order valence-corrected chi connectivity index (χ2v) is 19.2. The third-order valence-electron chi connectivity index (χ3n) is 12.2. The number of rotatable bonds is 52. The molecule has 0 aliphatic heterocycles. The highest BCUT2D eigenvalue weighted by Crippen LogP contribution is 2.15. The van der Waals surface area contributed by atoms with E-state index < -0.39 is 12.1 Å². The number of carbonyl (C=O) groups is 3. The Hall–Kier alpha value is -3.93. The Kier molecular flexibility index (Phi) is 55.4. The molecule has 0 aromatic heterocycles. The van der Waals surface area contributed by atoms with Gasteiger partial charge in [-0.1, -0.05) is 246 Å². The molecule has 1 unspecified atom stereocenters. The van der Waals surface area contributed by atoms with Crippen molar-refractivity contribution >= 4 is 17.9 Å². The molecule has 404 valence electrons. The van der Waals surface area contributed by atoms with Crippen molar-refractivity contribution in [3.05, 3.63) is 109 Å². The van der Waals surface area contributed by atoms with E-state index in [1.165, 1.54) is 109 Å². The molecule has 0 bridgehead atoms. The van der Waals surface area contributed by atoms with Crippen LogP contribution in [0.15, 0.2) is 109 Å². The zero-order valence-electron chi connectivity index (χ0n) is 46.2. The van der Waals surface area contributed by atoms with Gasteiger partial charge in [-0.15, -0.1) is 0 Å². The highest BCUT2D eigenvalue weighted by molar-refractivity contribution is 5.71. The first kappa shape index (κ1) is 67.1. The van der Waals surface area contributed by atoms with Gasteiger partial charge in [-0.2, -0.15) is 0 Å². The molecule has 0 aromatic carbocycles. The third kappa shape index (κ3) is 56.9. The lowest BCUT2D eigenvalue weighted by atomic mass is 10.1. The maximum absolute atomic E-state index is 12.8. The van der Waals surface area contributed by atoms with Crippen LogP contribution in [0.5, 0.6) is 0 Å². The van der Waals surface area contributed by atoms with E-state index in [1.807, 2.05) is 12.2 Å². The molecule has 71 heavy (non-hydrogen) atoms. The molecule has 6 nitrogen and oxygen atoms in total. The Morgan fingerprint density at radius 3 is 0.986 bits per heavy atom. The van der Waals surface area contributed by atoms with Crippen LogP contribution in [0.2, 0.25) is 0 Å². The fraction of sp³-hybridized carbons (Fsp3) is 0.677. The summed E-state index contributed by atoms with van der Waals surface area (Å²) in [6.45, 7) is 6.39. The third-order valence-corrected chi connectivity index (χ3v) is 12.2. The predicted molar refractivity (Wildman–Crippen MR) is 307 cm³/mol. The summed E-state index contributed by atoms with van der Waals surface area (Å²) in [5.41, 5.74) is 0. The lowest BCUT2D eigenvalue weighted by Crippen LogP contribution is -2.30. The van der Waals surface area contributed by atoms with E-state index in [0.717, 1.165) is 109 Å². The summed E-state index contributed by atoms with van der Waals surface area (Å²) in [6.07, 6.45) is 79.5. The van der Waals surface area contributed by atoms with Crippen molar-refractivity contribution in [2.24, 2.45) is 0 Å². The number of allylic oxidation sites excluding steroid dienone is 18. The van der Waals surface area contributed by atoms with Crippen molar-refractivity contribution in [2.75, 3.05) is 13.2 Å². The second kappa shape index (κ2) is 58.6. The summed E-state index contributed by atoms with van der Waals surface area (Å²) in [5, 5.41) is 0. The van der Waals surface area contributed by atoms with E-state index in [4.69, 9.17) is 14.2 Å². The first-order valence-electron chi connectivity index (χ1n) is 29.4. The number of hydrogen-bond acceptors (Lipinski definition) is 6. The van der Waals surface area contributed by atoms with Crippen LogP contribution in [0.3, 0.4) is 0 Å². The van der Waals surface area contributed by atoms with E-state index in [-0.39, 0.29) is 31.6 Å². The molecule has 0 rings (SSSR count). The maximum atomic E-state index is 12.8. The summed E-state index contributed by atoms with van der Waals surface area (Å²) >= 11 is 0. The fourth-order valence-corrected chi connectivity index (χ4v) is 7.85. The highest BCUT2D eigenvalue weighted by Gasteiger charge is 2.19. The topological polar surface area (TPSA) is 78.9 Å². The molecule has 1 atom stereocenters. The van der Waals surface area contributed by atoms with Crippen LogP contribution in [0.1, 0.15) is 265 Å². The van der Waals surface area contributed by atoms with Crippen molar-refractivity contribution < 1.29 is 28.6 Å². The maximum Gasteiger partial charge on any atom is 0.306 e. The van der Waals surface area contributed by atoms with Gasteiger partial charge in [-0.3, -0.25) is 14.4 Å². The van der Waals surface area contributed by atoms with Gasteiger partial charge in [0.1, 0.15) is 13.2 Å². The van der Waals surface area contributed by atoms with Crippen molar-refractivity contribution in [1.82, 2.24) is 0 Å². The van der Waals surface area contributed by atoms with Gasteiger partial charge >= 0.3 is 17.9 Å². The fourth-order valence-electron chi connectivity index (χ4n) is 7.85. The van der Waals surface area contributed by atoms with Crippen LogP contribution < -0.4 is 0 Å². The van der Waals surface area contributed by atoms with Crippen LogP contribution in [-0.2, 0) is 28.6 Å². The van der Waals surface area contributed by atoms with Gasteiger partial charge in [-0.25, -0.2) is 0 Å². The Bertz CT molecular complexity index is 1460. The molecular formula is C65H108O6. The lowest BCUT2D eigenvalue weighted by Gasteiger charge is -2.18. The molecule has 0 aliphatic rings. The Labute approximate surface area is 438 Å². The van der Waals surface area contributed by atoms with Crippen LogP contribution in [0, 0.1) is 0 Å². The van der Waals surface area contributed by atoms with E-state index in [1.54, 1.807) is 0 Å². The van der Waals surface area contributed by atoms with Crippen molar-refractivity contribution in [3.63, 3.8) is 0 Å². The molecule has 0 fully saturated rings. The van der Waals surface area contributed by atoms with E-state index in [2.05, 4.69) is 118 Å². The summed E-state index contributed by atoms with van der Waals surface area (Å²) in [6, 6.07) is 0. The quantitative estimate of drug-likeness (QED) is 0.0261. The first-order valence-corrected chi connectivity index (χ1v) is 29.4. The smallest absolute Gasteiger partial charge is 0.306 e. The molecule has 0 radical (unpaired) electrons. The molecular weight excluding hydrogens is 877 g/mol. The minimum absolute atomic E-state index is 0.115. The van der Waals surface area contributed by atoms with Gasteiger partial charge in [0, 0.05) is 19.3 Å². The van der Waals surface area contributed by atoms with Crippen LogP contribution in [0.4, 0.5) is 0 Å². The summed E-state index contributed by atoms with van der Waals surface area (Å²) < 4.78 is 16.8. The van der Waals surface area contributed by atoms with E-state index >= 15 is 0 Å².